The van der Waals surface area contributed by atoms with Crippen LogP contribution >= 0.6 is 0 Å². The van der Waals surface area contributed by atoms with Crippen LogP contribution in [0, 0.1) is 11.8 Å². The van der Waals surface area contributed by atoms with Gasteiger partial charge in [0, 0.05) is 11.6 Å². The van der Waals surface area contributed by atoms with Crippen molar-refractivity contribution in [3.05, 3.63) is 42.4 Å². The molecule has 1 saturated carbocycles. The molecule has 2 unspecified atom stereocenters. The minimum absolute atomic E-state index is 0.441. The molecule has 2 N–H and O–H groups in total. The zero-order valence-electron chi connectivity index (χ0n) is 13.3. The van der Waals surface area contributed by atoms with E-state index in [0.717, 1.165) is 11.8 Å². The predicted octanol–water partition coefficient (Wildman–Crippen LogP) is 4.00. The van der Waals surface area contributed by atoms with Crippen molar-refractivity contribution < 1.29 is 0 Å². The average Bonchev–Trinajstić information content (AvgIpc) is 3.11. The summed E-state index contributed by atoms with van der Waals surface area (Å²) in [5, 5.41) is 0. The van der Waals surface area contributed by atoms with Crippen LogP contribution in [-0.4, -0.2) is 15.6 Å². The lowest BCUT2D eigenvalue weighted by Gasteiger charge is -2.32. The molecule has 3 nitrogen and oxygen atoms in total. The van der Waals surface area contributed by atoms with Crippen LogP contribution in [0.25, 0.3) is 11.3 Å². The third kappa shape index (κ3) is 2.28. The van der Waals surface area contributed by atoms with Gasteiger partial charge in [-0.1, -0.05) is 31.2 Å². The molecule has 2 atom stereocenters. The SMILES string of the molecule is CC(CC1c2ccccc2-c2cncn21)C1CCC(N)CC1. The molecule has 2 aromatic rings. The van der Waals surface area contributed by atoms with Gasteiger partial charge in [0.2, 0.25) is 0 Å². The third-order valence-electron chi connectivity index (χ3n) is 5.81. The summed E-state index contributed by atoms with van der Waals surface area (Å²) in [6.07, 6.45) is 10.2. The summed E-state index contributed by atoms with van der Waals surface area (Å²) >= 11 is 0. The van der Waals surface area contributed by atoms with E-state index in [9.17, 15) is 0 Å². The van der Waals surface area contributed by atoms with Crippen molar-refractivity contribution in [3.63, 3.8) is 0 Å². The van der Waals surface area contributed by atoms with E-state index in [-0.39, 0.29) is 0 Å². The molecular weight excluding hydrogens is 270 g/mol. The van der Waals surface area contributed by atoms with Gasteiger partial charge >= 0.3 is 0 Å². The first-order valence-electron chi connectivity index (χ1n) is 8.60. The highest BCUT2D eigenvalue weighted by Gasteiger charge is 2.32. The maximum atomic E-state index is 6.06. The van der Waals surface area contributed by atoms with Gasteiger partial charge in [0.1, 0.15) is 0 Å². The number of hydrogen-bond donors (Lipinski definition) is 1. The first-order valence-corrected chi connectivity index (χ1v) is 8.60. The van der Waals surface area contributed by atoms with E-state index in [4.69, 9.17) is 5.73 Å². The number of aromatic nitrogens is 2. The summed E-state index contributed by atoms with van der Waals surface area (Å²) in [6, 6.07) is 9.71. The van der Waals surface area contributed by atoms with Gasteiger partial charge in [0.05, 0.1) is 24.3 Å². The maximum absolute atomic E-state index is 6.06. The largest absolute Gasteiger partial charge is 0.328 e. The van der Waals surface area contributed by atoms with Gasteiger partial charge in [0.15, 0.2) is 0 Å². The van der Waals surface area contributed by atoms with Gasteiger partial charge in [-0.2, -0.15) is 0 Å². The predicted molar refractivity (Wildman–Crippen MR) is 89.5 cm³/mol. The van der Waals surface area contributed by atoms with E-state index in [1.807, 2.05) is 12.5 Å². The Morgan fingerprint density at radius 2 is 2.00 bits per heavy atom. The molecule has 1 aliphatic heterocycles. The van der Waals surface area contributed by atoms with Crippen LogP contribution < -0.4 is 5.73 Å². The Kier molecular flexibility index (Phi) is 3.53. The second-order valence-electron chi connectivity index (χ2n) is 7.18. The van der Waals surface area contributed by atoms with Crippen molar-refractivity contribution in [2.75, 3.05) is 0 Å². The molecule has 0 amide bonds. The summed E-state index contributed by atoms with van der Waals surface area (Å²) < 4.78 is 2.37. The molecule has 1 aromatic heterocycles. The molecule has 116 valence electrons. The van der Waals surface area contributed by atoms with E-state index >= 15 is 0 Å². The lowest BCUT2D eigenvalue weighted by atomic mass is 9.76. The highest BCUT2D eigenvalue weighted by molar-refractivity contribution is 5.68. The summed E-state index contributed by atoms with van der Waals surface area (Å²) in [5.41, 5.74) is 10.2. The number of nitrogens with zero attached hydrogens (tertiary/aromatic N) is 2. The van der Waals surface area contributed by atoms with Crippen molar-refractivity contribution in [2.24, 2.45) is 17.6 Å². The van der Waals surface area contributed by atoms with Gasteiger partial charge in [-0.3, -0.25) is 0 Å². The Morgan fingerprint density at radius 3 is 2.82 bits per heavy atom. The molecule has 0 bridgehead atoms. The van der Waals surface area contributed by atoms with Crippen molar-refractivity contribution >= 4 is 0 Å². The Morgan fingerprint density at radius 1 is 1.23 bits per heavy atom. The van der Waals surface area contributed by atoms with Gasteiger partial charge in [-0.25, -0.2) is 4.98 Å². The normalized spacial score (nSPS) is 28.2. The number of nitrogens with two attached hydrogens (primary N) is 1. The fraction of sp³-hybridized carbons (Fsp3) is 0.526. The first-order chi connectivity index (χ1) is 10.7. The van der Waals surface area contributed by atoms with Crippen molar-refractivity contribution in [2.45, 2.75) is 51.1 Å². The van der Waals surface area contributed by atoms with Crippen LogP contribution in [0.4, 0.5) is 0 Å². The Labute approximate surface area is 132 Å². The number of rotatable bonds is 3. The maximum Gasteiger partial charge on any atom is 0.0956 e. The number of imidazole rings is 1. The lowest BCUT2D eigenvalue weighted by molar-refractivity contribution is 0.223. The van der Waals surface area contributed by atoms with Crippen LogP contribution in [0.1, 0.15) is 50.6 Å². The Balaban J connectivity index is 1.56. The topological polar surface area (TPSA) is 43.8 Å². The van der Waals surface area contributed by atoms with Gasteiger partial charge < -0.3 is 10.3 Å². The number of benzene rings is 1. The fourth-order valence-corrected chi connectivity index (χ4v) is 4.43. The van der Waals surface area contributed by atoms with Crippen LogP contribution in [0.15, 0.2) is 36.8 Å². The molecule has 22 heavy (non-hydrogen) atoms. The molecule has 1 fully saturated rings. The molecule has 0 spiro atoms. The van der Waals surface area contributed by atoms with Gasteiger partial charge in [-0.05, 0) is 49.5 Å². The van der Waals surface area contributed by atoms with Gasteiger partial charge in [-0.15, -0.1) is 0 Å². The second-order valence-corrected chi connectivity index (χ2v) is 7.18. The lowest BCUT2D eigenvalue weighted by Crippen LogP contribution is -2.29. The number of fused-ring (bicyclic) bond motifs is 3. The van der Waals surface area contributed by atoms with E-state index in [2.05, 4.69) is 40.7 Å². The molecule has 2 heterocycles. The molecule has 1 aromatic carbocycles. The van der Waals surface area contributed by atoms with Gasteiger partial charge in [0.25, 0.3) is 0 Å². The minimum atomic E-state index is 0.441. The van der Waals surface area contributed by atoms with Crippen LogP contribution in [0.5, 0.6) is 0 Å². The van der Waals surface area contributed by atoms with E-state index in [1.165, 1.54) is 48.9 Å². The first kappa shape index (κ1) is 14.0. The van der Waals surface area contributed by atoms with Crippen LogP contribution in [-0.2, 0) is 0 Å². The third-order valence-corrected chi connectivity index (χ3v) is 5.81. The van der Waals surface area contributed by atoms with E-state index in [1.54, 1.807) is 0 Å². The smallest absolute Gasteiger partial charge is 0.0956 e. The zero-order chi connectivity index (χ0) is 15.1. The second kappa shape index (κ2) is 5.54. The van der Waals surface area contributed by atoms with E-state index in [0.29, 0.717) is 12.1 Å². The average molecular weight is 295 g/mol. The summed E-state index contributed by atoms with van der Waals surface area (Å²) in [4.78, 5) is 4.37. The molecule has 0 saturated heterocycles. The van der Waals surface area contributed by atoms with Crippen molar-refractivity contribution in [1.82, 2.24) is 9.55 Å². The molecule has 2 aliphatic rings. The monoisotopic (exact) mass is 295 g/mol. The molecule has 1 aliphatic carbocycles. The fourth-order valence-electron chi connectivity index (χ4n) is 4.43. The zero-order valence-corrected chi connectivity index (χ0v) is 13.3. The standard InChI is InChI=1S/C19H25N3/c1-13(14-6-8-15(20)9-7-14)10-18-16-4-2-3-5-17(16)19-11-21-12-22(18)19/h2-5,11-15,18H,6-10,20H2,1H3. The summed E-state index contributed by atoms with van der Waals surface area (Å²) in [5.74, 6) is 1.57. The quantitative estimate of drug-likeness (QED) is 0.930. The summed E-state index contributed by atoms with van der Waals surface area (Å²) in [7, 11) is 0. The molecule has 0 radical (unpaired) electrons. The Bertz CT molecular complexity index is 652. The van der Waals surface area contributed by atoms with Crippen molar-refractivity contribution in [3.8, 4) is 11.3 Å². The molecule has 4 rings (SSSR count). The van der Waals surface area contributed by atoms with Crippen LogP contribution in [0.2, 0.25) is 0 Å². The molecular formula is C19H25N3. The highest BCUT2D eigenvalue weighted by atomic mass is 15.1. The Hall–Kier alpha value is -1.61. The summed E-state index contributed by atoms with van der Waals surface area (Å²) in [6.45, 7) is 2.43. The highest BCUT2D eigenvalue weighted by Crippen LogP contribution is 2.44. The number of hydrogen-bond acceptors (Lipinski definition) is 2. The van der Waals surface area contributed by atoms with Crippen molar-refractivity contribution in [1.29, 1.82) is 0 Å². The molecule has 3 heteroatoms. The van der Waals surface area contributed by atoms with E-state index < -0.39 is 0 Å². The minimum Gasteiger partial charge on any atom is -0.328 e. The van der Waals surface area contributed by atoms with Crippen LogP contribution in [0.3, 0.4) is 0 Å².